The third-order valence-electron chi connectivity index (χ3n) is 3.95. The summed E-state index contributed by atoms with van der Waals surface area (Å²) in [6, 6.07) is 13.6. The van der Waals surface area contributed by atoms with Gasteiger partial charge in [-0.05, 0) is 43.2 Å². The van der Waals surface area contributed by atoms with Gasteiger partial charge in [-0.15, -0.1) is 0 Å². The van der Waals surface area contributed by atoms with Gasteiger partial charge in [-0.2, -0.15) is 0 Å². The zero-order valence-corrected chi connectivity index (χ0v) is 14.0. The Morgan fingerprint density at radius 3 is 2.75 bits per heavy atom. The molecule has 1 aliphatic rings. The van der Waals surface area contributed by atoms with Crippen molar-refractivity contribution in [2.75, 3.05) is 16.8 Å². The molecule has 0 aliphatic carbocycles. The number of carbonyl (C=O) groups is 2. The lowest BCUT2D eigenvalue weighted by Gasteiger charge is -2.22. The van der Waals surface area contributed by atoms with Crippen molar-refractivity contribution in [3.8, 4) is 0 Å². The summed E-state index contributed by atoms with van der Waals surface area (Å²) in [5.41, 5.74) is 2.65. The van der Waals surface area contributed by atoms with E-state index in [9.17, 15) is 9.59 Å². The summed E-state index contributed by atoms with van der Waals surface area (Å²) in [6.45, 7) is 2.32. The Kier molecular flexibility index (Phi) is 4.71. The summed E-state index contributed by atoms with van der Waals surface area (Å²) in [6.07, 6.45) is 0.837. The van der Waals surface area contributed by atoms with Crippen molar-refractivity contribution in [2.45, 2.75) is 19.4 Å². The third-order valence-corrected chi connectivity index (χ3v) is 4.19. The maximum atomic E-state index is 12.6. The summed E-state index contributed by atoms with van der Waals surface area (Å²) in [5, 5.41) is 5.88. The van der Waals surface area contributed by atoms with Gasteiger partial charge in [-0.25, -0.2) is 4.79 Å². The van der Waals surface area contributed by atoms with Crippen LogP contribution in [-0.2, 0) is 11.2 Å². The second-order valence-electron chi connectivity index (χ2n) is 5.70. The molecule has 124 valence electrons. The number of hydrogen-bond acceptors (Lipinski definition) is 2. The summed E-state index contributed by atoms with van der Waals surface area (Å²) >= 11 is 5.89. The van der Waals surface area contributed by atoms with Gasteiger partial charge in [0.25, 0.3) is 0 Å². The fourth-order valence-corrected chi connectivity index (χ4v) is 2.98. The van der Waals surface area contributed by atoms with Crippen LogP contribution in [-0.4, -0.2) is 24.5 Å². The van der Waals surface area contributed by atoms with Crippen LogP contribution in [0.5, 0.6) is 0 Å². The first kappa shape index (κ1) is 16.3. The van der Waals surface area contributed by atoms with Crippen LogP contribution in [0.15, 0.2) is 48.5 Å². The fourth-order valence-electron chi connectivity index (χ4n) is 2.79. The molecule has 1 atom stereocenters. The number of nitrogens with one attached hydrogen (secondary N) is 2. The van der Waals surface area contributed by atoms with Crippen LogP contribution < -0.4 is 15.5 Å². The molecule has 1 heterocycles. The SMILES string of the molecule is C[C@@H](NC(=O)Nc1cccc(Cl)c1)C(=O)N1CCc2ccccc21. The van der Waals surface area contributed by atoms with Gasteiger partial charge in [0.15, 0.2) is 0 Å². The summed E-state index contributed by atoms with van der Waals surface area (Å²) in [7, 11) is 0. The van der Waals surface area contributed by atoms with Gasteiger partial charge in [0.05, 0.1) is 0 Å². The first-order valence-electron chi connectivity index (χ1n) is 7.77. The van der Waals surface area contributed by atoms with E-state index in [2.05, 4.69) is 10.6 Å². The number of anilines is 2. The van der Waals surface area contributed by atoms with Gasteiger partial charge in [-0.3, -0.25) is 4.79 Å². The normalized spacial score (nSPS) is 14.0. The van der Waals surface area contributed by atoms with E-state index in [1.54, 1.807) is 36.1 Å². The molecule has 2 aromatic carbocycles. The molecule has 3 rings (SSSR count). The highest BCUT2D eigenvalue weighted by atomic mass is 35.5. The molecule has 0 unspecified atom stereocenters. The van der Waals surface area contributed by atoms with E-state index in [4.69, 9.17) is 11.6 Å². The second kappa shape index (κ2) is 6.93. The molecule has 0 saturated heterocycles. The minimum Gasteiger partial charge on any atom is -0.326 e. The Balaban J connectivity index is 1.61. The topological polar surface area (TPSA) is 61.4 Å². The molecule has 24 heavy (non-hydrogen) atoms. The predicted octanol–water partition coefficient (Wildman–Crippen LogP) is 3.44. The monoisotopic (exact) mass is 343 g/mol. The average molecular weight is 344 g/mol. The zero-order valence-electron chi connectivity index (χ0n) is 13.3. The van der Waals surface area contributed by atoms with Crippen LogP contribution >= 0.6 is 11.6 Å². The van der Waals surface area contributed by atoms with E-state index in [-0.39, 0.29) is 5.91 Å². The molecule has 2 N–H and O–H groups in total. The fraction of sp³-hybridized carbons (Fsp3) is 0.222. The number of amides is 3. The molecule has 2 aromatic rings. The molecule has 5 nitrogen and oxygen atoms in total. The number of halogens is 1. The van der Waals surface area contributed by atoms with E-state index in [0.717, 1.165) is 17.7 Å². The smallest absolute Gasteiger partial charge is 0.319 e. The minimum atomic E-state index is -0.629. The number of hydrogen-bond donors (Lipinski definition) is 2. The molecular weight excluding hydrogens is 326 g/mol. The van der Waals surface area contributed by atoms with Crippen LogP contribution in [0.3, 0.4) is 0 Å². The molecule has 3 amide bonds. The molecule has 0 bridgehead atoms. The summed E-state index contributed by atoms with van der Waals surface area (Å²) in [5.74, 6) is -0.124. The Morgan fingerprint density at radius 2 is 1.96 bits per heavy atom. The number of urea groups is 1. The summed E-state index contributed by atoms with van der Waals surface area (Å²) < 4.78 is 0. The van der Waals surface area contributed by atoms with E-state index in [1.165, 1.54) is 0 Å². The second-order valence-corrected chi connectivity index (χ2v) is 6.14. The first-order valence-corrected chi connectivity index (χ1v) is 8.15. The van der Waals surface area contributed by atoms with Gasteiger partial charge in [0, 0.05) is 22.9 Å². The van der Waals surface area contributed by atoms with Crippen LogP contribution in [0.2, 0.25) is 5.02 Å². The van der Waals surface area contributed by atoms with Crippen molar-refractivity contribution >= 4 is 34.9 Å². The van der Waals surface area contributed by atoms with E-state index in [1.807, 2.05) is 24.3 Å². The number of benzene rings is 2. The van der Waals surface area contributed by atoms with Crippen LogP contribution in [0.4, 0.5) is 16.2 Å². The highest BCUT2D eigenvalue weighted by Crippen LogP contribution is 2.27. The molecule has 0 saturated carbocycles. The van der Waals surface area contributed by atoms with Gasteiger partial charge < -0.3 is 15.5 Å². The average Bonchev–Trinajstić information content (AvgIpc) is 2.98. The maximum Gasteiger partial charge on any atom is 0.319 e. The molecular formula is C18H18ClN3O2. The van der Waals surface area contributed by atoms with Gasteiger partial charge in [0.2, 0.25) is 5.91 Å². The van der Waals surface area contributed by atoms with E-state index < -0.39 is 12.1 Å². The number of rotatable bonds is 3. The van der Waals surface area contributed by atoms with Crippen molar-refractivity contribution in [3.63, 3.8) is 0 Å². The number of para-hydroxylation sites is 1. The Hall–Kier alpha value is -2.53. The lowest BCUT2D eigenvalue weighted by Crippen LogP contribution is -2.47. The largest absolute Gasteiger partial charge is 0.326 e. The molecule has 0 radical (unpaired) electrons. The van der Waals surface area contributed by atoms with Crippen molar-refractivity contribution in [1.82, 2.24) is 5.32 Å². The molecule has 0 aromatic heterocycles. The van der Waals surface area contributed by atoms with E-state index in [0.29, 0.717) is 17.3 Å². The zero-order chi connectivity index (χ0) is 17.1. The molecule has 1 aliphatic heterocycles. The summed E-state index contributed by atoms with van der Waals surface area (Å²) in [4.78, 5) is 26.4. The van der Waals surface area contributed by atoms with Crippen LogP contribution in [0.1, 0.15) is 12.5 Å². The Morgan fingerprint density at radius 1 is 1.17 bits per heavy atom. The number of carbonyl (C=O) groups excluding carboxylic acids is 2. The minimum absolute atomic E-state index is 0.124. The van der Waals surface area contributed by atoms with Crippen molar-refractivity contribution in [1.29, 1.82) is 0 Å². The predicted molar refractivity (Wildman–Crippen MR) is 95.6 cm³/mol. The lowest BCUT2D eigenvalue weighted by atomic mass is 10.2. The standard InChI is InChI=1S/C18H18ClN3O2/c1-12(20-18(24)21-15-7-4-6-14(19)11-15)17(23)22-10-9-13-5-2-3-8-16(13)22/h2-8,11-12H,9-10H2,1H3,(H2,20,21,24)/t12-/m1/s1. The van der Waals surface area contributed by atoms with Gasteiger partial charge in [-0.1, -0.05) is 35.9 Å². The number of fused-ring (bicyclic) bond motifs is 1. The van der Waals surface area contributed by atoms with Crippen molar-refractivity contribution in [3.05, 3.63) is 59.1 Å². The number of nitrogens with zero attached hydrogens (tertiary/aromatic N) is 1. The van der Waals surface area contributed by atoms with Crippen LogP contribution in [0.25, 0.3) is 0 Å². The maximum absolute atomic E-state index is 12.6. The first-order chi connectivity index (χ1) is 11.5. The van der Waals surface area contributed by atoms with E-state index >= 15 is 0 Å². The van der Waals surface area contributed by atoms with Crippen molar-refractivity contribution in [2.24, 2.45) is 0 Å². The Labute approximate surface area is 145 Å². The molecule has 0 fully saturated rings. The van der Waals surface area contributed by atoms with Gasteiger partial charge >= 0.3 is 6.03 Å². The quantitative estimate of drug-likeness (QED) is 0.896. The molecule has 0 spiro atoms. The van der Waals surface area contributed by atoms with Crippen LogP contribution in [0, 0.1) is 0 Å². The third kappa shape index (κ3) is 3.51. The molecule has 6 heteroatoms. The Bertz CT molecular complexity index is 778. The lowest BCUT2D eigenvalue weighted by molar-refractivity contribution is -0.119. The highest BCUT2D eigenvalue weighted by Gasteiger charge is 2.28. The van der Waals surface area contributed by atoms with Crippen molar-refractivity contribution < 1.29 is 9.59 Å². The van der Waals surface area contributed by atoms with Gasteiger partial charge in [0.1, 0.15) is 6.04 Å². The highest BCUT2D eigenvalue weighted by molar-refractivity contribution is 6.30.